The number of piperidine rings is 1. The third kappa shape index (κ3) is 3.47. The fraction of sp³-hybridized carbons (Fsp3) is 0.773. The number of carbonyl (C=O) groups excluding carboxylic acids is 2. The molecule has 4 aliphatic rings. The van der Waals surface area contributed by atoms with Gasteiger partial charge in [-0.1, -0.05) is 0 Å². The standard InChI is InChI=1S/C22H33N5O2/c1-25-10-12-26(13-11-25)22(29)21-15-6-8-19(21)27(14-15)20(28)9-7-18-16-4-2-3-5-17(16)23-24-18/h15,19,21H,2-14H2,1H3,(H,23,24)/t15-,19-,21+/m0/s1. The topological polar surface area (TPSA) is 72.5 Å². The first-order valence-electron chi connectivity index (χ1n) is 11.4. The van der Waals surface area contributed by atoms with E-state index < -0.39 is 0 Å². The van der Waals surface area contributed by atoms with Gasteiger partial charge < -0.3 is 14.7 Å². The Bertz CT molecular complexity index is 782. The summed E-state index contributed by atoms with van der Waals surface area (Å²) in [5.74, 6) is 0.887. The molecule has 29 heavy (non-hydrogen) atoms. The van der Waals surface area contributed by atoms with Crippen molar-refractivity contribution in [1.29, 1.82) is 0 Å². The Hall–Kier alpha value is -1.89. The molecule has 0 radical (unpaired) electrons. The number of piperazine rings is 1. The van der Waals surface area contributed by atoms with Crippen LogP contribution >= 0.6 is 0 Å². The smallest absolute Gasteiger partial charge is 0.228 e. The molecule has 2 amide bonds. The van der Waals surface area contributed by atoms with Crippen LogP contribution in [-0.2, 0) is 28.9 Å². The van der Waals surface area contributed by atoms with Crippen molar-refractivity contribution in [3.63, 3.8) is 0 Å². The molecule has 1 saturated carbocycles. The van der Waals surface area contributed by atoms with Crippen LogP contribution in [0.3, 0.4) is 0 Å². The lowest BCUT2D eigenvalue weighted by Crippen LogP contribution is -2.50. The van der Waals surface area contributed by atoms with Gasteiger partial charge in [-0.3, -0.25) is 14.7 Å². The quantitative estimate of drug-likeness (QED) is 0.827. The summed E-state index contributed by atoms with van der Waals surface area (Å²) in [4.78, 5) is 32.6. The second-order valence-corrected chi connectivity index (χ2v) is 9.44. The van der Waals surface area contributed by atoms with Gasteiger partial charge in [0.1, 0.15) is 0 Å². The molecule has 0 spiro atoms. The van der Waals surface area contributed by atoms with Crippen LogP contribution in [0.15, 0.2) is 0 Å². The summed E-state index contributed by atoms with van der Waals surface area (Å²) >= 11 is 0. The minimum Gasteiger partial charge on any atom is -0.340 e. The van der Waals surface area contributed by atoms with Crippen molar-refractivity contribution in [2.75, 3.05) is 39.8 Å². The van der Waals surface area contributed by atoms with Crippen molar-refractivity contribution in [3.8, 4) is 0 Å². The summed E-state index contributed by atoms with van der Waals surface area (Å²) in [6.07, 6.45) is 7.93. The van der Waals surface area contributed by atoms with Crippen LogP contribution in [0.2, 0.25) is 0 Å². The lowest BCUT2D eigenvalue weighted by molar-refractivity contribution is -0.139. The number of H-pyrrole nitrogens is 1. The van der Waals surface area contributed by atoms with Crippen molar-refractivity contribution in [3.05, 3.63) is 17.0 Å². The molecule has 3 fully saturated rings. The lowest BCUT2D eigenvalue weighted by Gasteiger charge is -2.35. The van der Waals surface area contributed by atoms with Gasteiger partial charge in [0.05, 0.1) is 11.6 Å². The van der Waals surface area contributed by atoms with Crippen LogP contribution in [0, 0.1) is 11.8 Å². The summed E-state index contributed by atoms with van der Waals surface area (Å²) < 4.78 is 0. The van der Waals surface area contributed by atoms with E-state index in [1.54, 1.807) is 0 Å². The molecule has 5 rings (SSSR count). The van der Waals surface area contributed by atoms with Crippen LogP contribution in [0.1, 0.15) is 49.1 Å². The van der Waals surface area contributed by atoms with Crippen LogP contribution in [0.4, 0.5) is 0 Å². The molecule has 0 aromatic carbocycles. The maximum Gasteiger partial charge on any atom is 0.228 e. The van der Waals surface area contributed by atoms with E-state index in [1.807, 2.05) is 9.80 Å². The Morgan fingerprint density at radius 1 is 1.10 bits per heavy atom. The van der Waals surface area contributed by atoms with Gasteiger partial charge in [0.2, 0.25) is 11.8 Å². The summed E-state index contributed by atoms with van der Waals surface area (Å²) in [6.45, 7) is 4.31. The molecule has 2 saturated heterocycles. The highest BCUT2D eigenvalue weighted by molar-refractivity contribution is 5.84. The molecular weight excluding hydrogens is 366 g/mol. The molecule has 158 valence electrons. The van der Waals surface area contributed by atoms with Gasteiger partial charge in [-0.2, -0.15) is 5.10 Å². The summed E-state index contributed by atoms with van der Waals surface area (Å²) in [6, 6.07) is 0.118. The van der Waals surface area contributed by atoms with E-state index in [1.165, 1.54) is 24.1 Å². The number of rotatable bonds is 4. The van der Waals surface area contributed by atoms with Crippen molar-refractivity contribution >= 4 is 11.8 Å². The van der Waals surface area contributed by atoms with Gasteiger partial charge in [0.25, 0.3) is 0 Å². The van der Waals surface area contributed by atoms with Crippen LogP contribution < -0.4 is 0 Å². The van der Waals surface area contributed by atoms with Crippen molar-refractivity contribution in [1.82, 2.24) is 24.9 Å². The normalized spacial score (nSPS) is 29.3. The molecule has 3 atom stereocenters. The maximum absolute atomic E-state index is 13.2. The third-order valence-electron chi connectivity index (χ3n) is 7.73. The maximum atomic E-state index is 13.2. The van der Waals surface area contributed by atoms with E-state index in [-0.39, 0.29) is 17.9 Å². The molecule has 1 N–H and O–H groups in total. The Kier molecular flexibility index (Phi) is 5.10. The van der Waals surface area contributed by atoms with Gasteiger partial charge in [-0.25, -0.2) is 0 Å². The minimum absolute atomic E-state index is 0.0282. The van der Waals surface area contributed by atoms with Crippen molar-refractivity contribution in [2.45, 2.75) is 57.4 Å². The van der Waals surface area contributed by atoms with Crippen molar-refractivity contribution < 1.29 is 9.59 Å². The number of hydrogen-bond donors (Lipinski definition) is 1. The molecule has 3 heterocycles. The number of nitrogens with zero attached hydrogens (tertiary/aromatic N) is 4. The Morgan fingerprint density at radius 2 is 1.90 bits per heavy atom. The third-order valence-corrected chi connectivity index (χ3v) is 7.73. The van der Waals surface area contributed by atoms with E-state index in [4.69, 9.17) is 0 Å². The van der Waals surface area contributed by atoms with Gasteiger partial charge in [-0.15, -0.1) is 0 Å². The van der Waals surface area contributed by atoms with E-state index in [2.05, 4.69) is 22.1 Å². The first kappa shape index (κ1) is 19.1. The number of aromatic nitrogens is 2. The first-order chi connectivity index (χ1) is 14.1. The van der Waals surface area contributed by atoms with E-state index in [0.29, 0.717) is 18.2 Å². The number of aryl methyl sites for hydroxylation is 2. The highest BCUT2D eigenvalue weighted by atomic mass is 16.2. The van der Waals surface area contributed by atoms with Gasteiger partial charge in [0.15, 0.2) is 0 Å². The minimum atomic E-state index is 0.0282. The number of likely N-dealkylation sites (tertiary alicyclic amines) is 1. The highest BCUT2D eigenvalue weighted by Gasteiger charge is 2.52. The molecule has 1 aromatic rings. The van der Waals surface area contributed by atoms with Gasteiger partial charge in [0, 0.05) is 57.3 Å². The average Bonchev–Trinajstić information content (AvgIpc) is 3.45. The number of nitrogens with one attached hydrogen (secondary N) is 1. The SMILES string of the molecule is CN1CCN(C(=O)[C@@H]2[C@H]3CC[C@@H]2N(C(=O)CCc2n[nH]c4c2CCCC4)C3)CC1. The average molecular weight is 400 g/mol. The Balaban J connectivity index is 1.20. The summed E-state index contributed by atoms with van der Waals surface area (Å²) in [5, 5.41) is 7.67. The van der Waals surface area contributed by atoms with Crippen molar-refractivity contribution in [2.24, 2.45) is 11.8 Å². The number of aromatic amines is 1. The molecule has 2 aliphatic heterocycles. The molecule has 2 bridgehead atoms. The molecule has 2 aliphatic carbocycles. The number of likely N-dealkylation sites (N-methyl/N-ethyl adjacent to an activating group) is 1. The molecule has 7 heteroatoms. The van der Waals surface area contributed by atoms with E-state index in [9.17, 15) is 9.59 Å². The number of carbonyl (C=O) groups is 2. The van der Waals surface area contributed by atoms with Crippen LogP contribution in [-0.4, -0.2) is 82.5 Å². The number of fused-ring (bicyclic) bond motifs is 3. The monoisotopic (exact) mass is 399 g/mol. The first-order valence-corrected chi connectivity index (χ1v) is 11.4. The molecule has 1 aromatic heterocycles. The molecule has 7 nitrogen and oxygen atoms in total. The molecular formula is C22H33N5O2. The second-order valence-electron chi connectivity index (χ2n) is 9.44. The highest BCUT2D eigenvalue weighted by Crippen LogP contribution is 2.44. The van der Waals surface area contributed by atoms with Gasteiger partial charge >= 0.3 is 0 Å². The van der Waals surface area contributed by atoms with Gasteiger partial charge in [-0.05, 0) is 57.1 Å². The molecule has 0 unspecified atom stereocenters. The zero-order valence-corrected chi connectivity index (χ0v) is 17.5. The predicted octanol–water partition coefficient (Wildman–Crippen LogP) is 1.23. The van der Waals surface area contributed by atoms with E-state index in [0.717, 1.165) is 70.5 Å². The van der Waals surface area contributed by atoms with Crippen LogP contribution in [0.25, 0.3) is 0 Å². The zero-order chi connectivity index (χ0) is 20.0. The lowest BCUT2D eigenvalue weighted by atomic mass is 9.94. The summed E-state index contributed by atoms with van der Waals surface area (Å²) in [5.41, 5.74) is 3.72. The Labute approximate surface area is 172 Å². The summed E-state index contributed by atoms with van der Waals surface area (Å²) in [7, 11) is 2.11. The number of amides is 2. The zero-order valence-electron chi connectivity index (χ0n) is 17.5. The van der Waals surface area contributed by atoms with E-state index >= 15 is 0 Å². The number of hydrogen-bond acceptors (Lipinski definition) is 4. The Morgan fingerprint density at radius 3 is 2.72 bits per heavy atom. The largest absolute Gasteiger partial charge is 0.340 e. The fourth-order valence-electron chi connectivity index (χ4n) is 6.02. The predicted molar refractivity (Wildman–Crippen MR) is 109 cm³/mol. The van der Waals surface area contributed by atoms with Crippen LogP contribution in [0.5, 0.6) is 0 Å². The fourth-order valence-corrected chi connectivity index (χ4v) is 6.02. The second kappa shape index (κ2) is 7.74.